The Labute approximate surface area is 278 Å². The van der Waals surface area contributed by atoms with E-state index in [9.17, 15) is 0 Å². The summed E-state index contributed by atoms with van der Waals surface area (Å²) in [5.41, 5.74) is 0. The lowest BCUT2D eigenvalue weighted by Crippen LogP contribution is -2.42. The summed E-state index contributed by atoms with van der Waals surface area (Å²) in [6, 6.07) is 1.87. The maximum Gasteiger partial charge on any atom is 0.500 e. The maximum absolute atomic E-state index is 5.50. The van der Waals surface area contributed by atoms with Crippen LogP contribution in [-0.2, 0) is 26.6 Å². The Morgan fingerprint density at radius 3 is 0.432 bits per heavy atom. The number of rotatable bonds is 37. The first-order chi connectivity index (χ1) is 21.6. The van der Waals surface area contributed by atoms with E-state index in [0.29, 0.717) is 0 Å². The third-order valence-corrected chi connectivity index (χ3v) is 15.2. The van der Waals surface area contributed by atoms with Crippen molar-refractivity contribution in [3.05, 3.63) is 0 Å². The highest BCUT2D eigenvalue weighted by atomic mass is 28.4. The Bertz CT molecular complexity index is 496. The van der Waals surface area contributed by atoms with Crippen LogP contribution in [0.3, 0.4) is 0 Å². The Balaban J connectivity index is 3.21. The van der Waals surface area contributed by atoms with Gasteiger partial charge < -0.3 is 26.6 Å². The van der Waals surface area contributed by atoms with Gasteiger partial charge in [0.1, 0.15) is 0 Å². The highest BCUT2D eigenvalue weighted by molar-refractivity contribution is 6.60. The summed E-state index contributed by atoms with van der Waals surface area (Å²) in [6.45, 7) is 0. The van der Waals surface area contributed by atoms with Crippen LogP contribution in [0.15, 0.2) is 0 Å². The van der Waals surface area contributed by atoms with Crippen molar-refractivity contribution in [2.75, 3.05) is 42.7 Å². The Morgan fingerprint density at radius 2 is 0.318 bits per heavy atom. The zero-order valence-electron chi connectivity index (χ0n) is 30.7. The predicted octanol–water partition coefficient (Wildman–Crippen LogP) is 11.7. The van der Waals surface area contributed by atoms with Gasteiger partial charge in [0.2, 0.25) is 0 Å². The first kappa shape index (κ1) is 44.2. The van der Waals surface area contributed by atoms with Crippen LogP contribution < -0.4 is 0 Å². The van der Waals surface area contributed by atoms with Crippen LogP contribution in [0.25, 0.3) is 0 Å². The minimum absolute atomic E-state index is 0.935. The van der Waals surface area contributed by atoms with E-state index >= 15 is 0 Å². The Morgan fingerprint density at radius 1 is 0.205 bits per heavy atom. The quantitative estimate of drug-likeness (QED) is 0.0487. The number of hydrogen-bond donors (Lipinski definition) is 0. The fourth-order valence-corrected chi connectivity index (χ4v) is 9.98. The molecule has 0 spiro atoms. The third-order valence-electron chi connectivity index (χ3n) is 9.58. The molecule has 0 N–H and O–H groups in total. The average Bonchev–Trinajstić information content (AvgIpc) is 3.06. The van der Waals surface area contributed by atoms with E-state index in [1.165, 1.54) is 167 Å². The minimum Gasteiger partial charge on any atom is -0.377 e. The molecule has 0 radical (unpaired) electrons. The highest BCUT2D eigenvalue weighted by Crippen LogP contribution is 2.20. The summed E-state index contributed by atoms with van der Waals surface area (Å²) in [7, 11) is 5.54. The molecule has 0 saturated carbocycles. The molecule has 0 amide bonds. The lowest BCUT2D eigenvalue weighted by molar-refractivity contribution is 0.122. The van der Waals surface area contributed by atoms with E-state index in [0.717, 1.165) is 24.9 Å². The van der Waals surface area contributed by atoms with E-state index in [1.807, 2.05) is 0 Å². The van der Waals surface area contributed by atoms with Crippen molar-refractivity contribution in [3.63, 3.8) is 0 Å². The molecule has 0 atom stereocenters. The number of hydrogen-bond acceptors (Lipinski definition) is 6. The van der Waals surface area contributed by atoms with Gasteiger partial charge >= 0.3 is 17.6 Å². The summed E-state index contributed by atoms with van der Waals surface area (Å²) in [6.07, 6.45) is 39.0. The molecular formula is C36H78O6Si2. The van der Waals surface area contributed by atoms with Crippen molar-refractivity contribution >= 4 is 17.6 Å². The molecule has 0 rings (SSSR count). The maximum atomic E-state index is 5.50. The largest absolute Gasteiger partial charge is 0.500 e. The van der Waals surface area contributed by atoms with E-state index in [1.54, 1.807) is 42.7 Å². The van der Waals surface area contributed by atoms with Crippen LogP contribution in [0, 0.1) is 0 Å². The van der Waals surface area contributed by atoms with Crippen LogP contribution in [0.5, 0.6) is 0 Å². The molecule has 0 fully saturated rings. The molecule has 0 aliphatic rings. The second-order valence-electron chi connectivity index (χ2n) is 13.0. The molecule has 0 saturated heterocycles. The van der Waals surface area contributed by atoms with Crippen LogP contribution in [0.4, 0.5) is 0 Å². The normalized spacial score (nSPS) is 12.4. The number of unbranched alkanes of at least 4 members (excludes halogenated alkanes) is 27. The fraction of sp³-hybridized carbons (Fsp3) is 1.00. The molecule has 0 aromatic heterocycles. The molecule has 266 valence electrons. The van der Waals surface area contributed by atoms with Gasteiger partial charge in [0, 0.05) is 54.7 Å². The van der Waals surface area contributed by atoms with Crippen LogP contribution in [-0.4, -0.2) is 60.3 Å². The zero-order chi connectivity index (χ0) is 32.5. The average molecular weight is 663 g/mol. The smallest absolute Gasteiger partial charge is 0.377 e. The molecule has 44 heavy (non-hydrogen) atoms. The molecule has 6 nitrogen and oxygen atoms in total. The van der Waals surface area contributed by atoms with Gasteiger partial charge in [-0.25, -0.2) is 0 Å². The van der Waals surface area contributed by atoms with Gasteiger partial charge in [-0.05, 0) is 12.8 Å². The molecule has 0 aliphatic heterocycles. The summed E-state index contributed by atoms with van der Waals surface area (Å²) >= 11 is 0. The van der Waals surface area contributed by atoms with Crippen LogP contribution in [0.2, 0.25) is 12.1 Å². The van der Waals surface area contributed by atoms with Gasteiger partial charge in [0.25, 0.3) is 0 Å². The minimum atomic E-state index is -2.35. The molecular weight excluding hydrogens is 585 g/mol. The van der Waals surface area contributed by atoms with E-state index in [2.05, 4.69) is 0 Å². The van der Waals surface area contributed by atoms with Gasteiger partial charge in [-0.15, -0.1) is 0 Å². The Hall–Kier alpha value is 0.194. The van der Waals surface area contributed by atoms with Gasteiger partial charge in [-0.2, -0.15) is 0 Å². The summed E-state index contributed by atoms with van der Waals surface area (Å²) < 4.78 is 33.0. The molecule has 0 heterocycles. The van der Waals surface area contributed by atoms with Gasteiger partial charge in [-0.1, -0.05) is 167 Å². The van der Waals surface area contributed by atoms with Crippen molar-refractivity contribution in [3.8, 4) is 0 Å². The van der Waals surface area contributed by atoms with Crippen LogP contribution >= 0.6 is 0 Å². The highest BCUT2D eigenvalue weighted by Gasteiger charge is 2.37. The summed E-state index contributed by atoms with van der Waals surface area (Å²) in [5, 5.41) is 0. The van der Waals surface area contributed by atoms with Gasteiger partial charge in [-0.3, -0.25) is 0 Å². The van der Waals surface area contributed by atoms with Gasteiger partial charge in [0.15, 0.2) is 0 Å². The monoisotopic (exact) mass is 663 g/mol. The third kappa shape index (κ3) is 25.3. The van der Waals surface area contributed by atoms with E-state index in [4.69, 9.17) is 26.6 Å². The topological polar surface area (TPSA) is 55.4 Å². The van der Waals surface area contributed by atoms with E-state index in [-0.39, 0.29) is 0 Å². The molecule has 0 aliphatic carbocycles. The fourth-order valence-electron chi connectivity index (χ4n) is 6.39. The van der Waals surface area contributed by atoms with Crippen molar-refractivity contribution in [2.45, 2.75) is 192 Å². The molecule has 0 aromatic carbocycles. The predicted molar refractivity (Wildman–Crippen MR) is 192 cm³/mol. The molecule has 0 aromatic rings. The lowest BCUT2D eigenvalue weighted by Gasteiger charge is -2.24. The van der Waals surface area contributed by atoms with Crippen molar-refractivity contribution in [1.82, 2.24) is 0 Å². The summed E-state index contributed by atoms with van der Waals surface area (Å²) in [4.78, 5) is 0. The summed E-state index contributed by atoms with van der Waals surface area (Å²) in [5.74, 6) is 0. The second-order valence-corrected chi connectivity index (χ2v) is 19.2. The SMILES string of the molecule is CO[Si](CCCCCCCCCCCCCCCCCCCCCCCCCCCCCC[Si](OC)(OC)OC)(OC)OC. The molecule has 8 heteroatoms. The standard InChI is InChI=1S/C36H78O6Si2/c1-37-43(38-2,39-3)35-33-31-29-27-25-23-21-19-17-15-13-11-9-7-8-10-12-14-16-18-20-22-24-26-28-30-32-34-36-44(40-4,41-5)42-6/h7-36H2,1-6H3. The lowest BCUT2D eigenvalue weighted by atomic mass is 10.0. The van der Waals surface area contributed by atoms with Crippen molar-refractivity contribution in [2.24, 2.45) is 0 Å². The van der Waals surface area contributed by atoms with Crippen molar-refractivity contribution < 1.29 is 26.6 Å². The molecule has 0 unspecified atom stereocenters. The van der Waals surface area contributed by atoms with Crippen LogP contribution in [0.1, 0.15) is 180 Å². The Kier molecular flexibility index (Phi) is 33.3. The second kappa shape index (κ2) is 33.1. The first-order valence-electron chi connectivity index (χ1n) is 18.9. The zero-order valence-corrected chi connectivity index (χ0v) is 32.7. The molecule has 0 bridgehead atoms. The van der Waals surface area contributed by atoms with Crippen molar-refractivity contribution in [1.29, 1.82) is 0 Å². The first-order valence-corrected chi connectivity index (χ1v) is 22.7. The van der Waals surface area contributed by atoms with E-state index < -0.39 is 17.6 Å². The van der Waals surface area contributed by atoms with Gasteiger partial charge in [0.05, 0.1) is 0 Å².